The highest BCUT2D eigenvalue weighted by atomic mass is 16.6. The van der Waals surface area contributed by atoms with Gasteiger partial charge in [0.1, 0.15) is 0 Å². The summed E-state index contributed by atoms with van der Waals surface area (Å²) in [6, 6.07) is 4.83. The Kier molecular flexibility index (Phi) is 5.01. The molecule has 116 valence electrons. The molecule has 0 spiro atoms. The predicted molar refractivity (Wildman–Crippen MR) is 80.7 cm³/mol. The Hall–Kier alpha value is -1.82. The van der Waals surface area contributed by atoms with Crippen LogP contribution in [0.2, 0.25) is 0 Å². The summed E-state index contributed by atoms with van der Waals surface area (Å²) in [5.41, 5.74) is 0.526. The van der Waals surface area contributed by atoms with E-state index >= 15 is 0 Å². The highest BCUT2D eigenvalue weighted by molar-refractivity contribution is 5.58. The summed E-state index contributed by atoms with van der Waals surface area (Å²) >= 11 is 0. The Bertz CT molecular complexity index is 498. The van der Waals surface area contributed by atoms with Crippen molar-refractivity contribution in [2.75, 3.05) is 25.6 Å². The van der Waals surface area contributed by atoms with E-state index in [1.807, 2.05) is 0 Å². The van der Waals surface area contributed by atoms with E-state index in [-0.39, 0.29) is 23.5 Å². The molecule has 0 saturated heterocycles. The maximum atomic E-state index is 11.0. The molecule has 0 aliphatic heterocycles. The molecule has 21 heavy (non-hydrogen) atoms. The molecular formula is C15H22N2O4. The molecule has 2 N–H and O–H groups in total. The van der Waals surface area contributed by atoms with Crippen LogP contribution in [-0.2, 0) is 0 Å². The minimum Gasteiger partial charge on any atom is -0.490 e. The minimum atomic E-state index is -0.452. The average Bonchev–Trinajstić information content (AvgIpc) is 2.53. The van der Waals surface area contributed by atoms with Gasteiger partial charge in [0.05, 0.1) is 18.6 Å². The van der Waals surface area contributed by atoms with E-state index in [9.17, 15) is 15.2 Å². The summed E-state index contributed by atoms with van der Waals surface area (Å²) in [7, 11) is 1.41. The Morgan fingerprint density at radius 3 is 2.67 bits per heavy atom. The summed E-state index contributed by atoms with van der Waals surface area (Å²) < 4.78 is 4.99. The Morgan fingerprint density at radius 1 is 1.38 bits per heavy atom. The highest BCUT2D eigenvalue weighted by Crippen LogP contribution is 2.36. The molecular weight excluding hydrogens is 272 g/mol. The van der Waals surface area contributed by atoms with Gasteiger partial charge in [0, 0.05) is 23.7 Å². The number of anilines is 1. The zero-order valence-corrected chi connectivity index (χ0v) is 12.3. The number of ether oxygens (including phenoxy) is 1. The van der Waals surface area contributed by atoms with E-state index in [0.717, 1.165) is 25.7 Å². The number of aliphatic hydroxyl groups excluding tert-OH is 1. The largest absolute Gasteiger partial charge is 0.490 e. The van der Waals surface area contributed by atoms with E-state index in [1.54, 1.807) is 12.1 Å². The lowest BCUT2D eigenvalue weighted by atomic mass is 9.74. The van der Waals surface area contributed by atoms with Crippen LogP contribution < -0.4 is 10.1 Å². The Labute approximate surface area is 124 Å². The van der Waals surface area contributed by atoms with Crippen molar-refractivity contribution in [2.45, 2.75) is 32.1 Å². The fraction of sp³-hybridized carbons (Fsp3) is 0.600. The van der Waals surface area contributed by atoms with E-state index in [2.05, 4.69) is 5.32 Å². The van der Waals surface area contributed by atoms with E-state index < -0.39 is 4.92 Å². The van der Waals surface area contributed by atoms with Gasteiger partial charge in [0.15, 0.2) is 5.75 Å². The number of hydrogen-bond donors (Lipinski definition) is 2. The highest BCUT2D eigenvalue weighted by Gasteiger charge is 2.31. The fourth-order valence-corrected chi connectivity index (χ4v) is 2.92. The summed E-state index contributed by atoms with van der Waals surface area (Å²) in [4.78, 5) is 10.6. The molecule has 0 aromatic heterocycles. The molecule has 1 aromatic rings. The first-order valence-electron chi connectivity index (χ1n) is 7.27. The quantitative estimate of drug-likeness (QED) is 0.622. The van der Waals surface area contributed by atoms with Crippen molar-refractivity contribution < 1.29 is 14.8 Å². The second kappa shape index (κ2) is 6.76. The maximum absolute atomic E-state index is 11.0. The van der Waals surface area contributed by atoms with Crippen LogP contribution in [0.15, 0.2) is 18.2 Å². The Morgan fingerprint density at radius 2 is 2.10 bits per heavy atom. The van der Waals surface area contributed by atoms with Gasteiger partial charge in [-0.05, 0) is 25.0 Å². The molecule has 1 saturated carbocycles. The number of rotatable bonds is 6. The minimum absolute atomic E-state index is 0.0517. The van der Waals surface area contributed by atoms with Crippen LogP contribution in [0.4, 0.5) is 11.4 Å². The second-order valence-electron chi connectivity index (χ2n) is 5.72. The monoisotopic (exact) mass is 294 g/mol. The van der Waals surface area contributed by atoms with Gasteiger partial charge in [-0.15, -0.1) is 0 Å². The topological polar surface area (TPSA) is 84.6 Å². The lowest BCUT2D eigenvalue weighted by Gasteiger charge is -2.36. The normalized spacial score (nSPS) is 17.2. The number of benzene rings is 1. The number of nitrogens with one attached hydrogen (secondary N) is 1. The molecule has 0 bridgehead atoms. The van der Waals surface area contributed by atoms with Crippen LogP contribution in [0.1, 0.15) is 32.1 Å². The smallest absolute Gasteiger partial charge is 0.312 e. The summed E-state index contributed by atoms with van der Waals surface area (Å²) in [5, 5.41) is 23.9. The molecule has 6 heteroatoms. The van der Waals surface area contributed by atoms with Crippen LogP contribution in [-0.4, -0.2) is 30.3 Å². The predicted octanol–water partition coefficient (Wildman–Crippen LogP) is 2.96. The third-order valence-corrected chi connectivity index (χ3v) is 4.29. The molecule has 1 aliphatic carbocycles. The Balaban J connectivity index is 2.09. The molecule has 1 aliphatic rings. The first-order valence-corrected chi connectivity index (χ1v) is 7.27. The number of nitro benzene ring substituents is 1. The summed E-state index contributed by atoms with van der Waals surface area (Å²) in [5.74, 6) is 0.250. The van der Waals surface area contributed by atoms with E-state index in [0.29, 0.717) is 12.2 Å². The van der Waals surface area contributed by atoms with Gasteiger partial charge < -0.3 is 15.2 Å². The third kappa shape index (κ3) is 3.64. The number of hydrogen-bond acceptors (Lipinski definition) is 5. The van der Waals surface area contributed by atoms with Gasteiger partial charge >= 0.3 is 5.69 Å². The third-order valence-electron chi connectivity index (χ3n) is 4.29. The lowest BCUT2D eigenvalue weighted by Crippen LogP contribution is -2.35. The zero-order valence-electron chi connectivity index (χ0n) is 12.3. The van der Waals surface area contributed by atoms with Crippen molar-refractivity contribution >= 4 is 11.4 Å². The average molecular weight is 294 g/mol. The van der Waals surface area contributed by atoms with E-state index in [1.165, 1.54) is 19.6 Å². The van der Waals surface area contributed by atoms with Gasteiger partial charge in [-0.3, -0.25) is 10.1 Å². The SMILES string of the molecule is COc1ccc(NCC2(CO)CCCCC2)cc1[N+](=O)[O-]. The van der Waals surface area contributed by atoms with Gasteiger partial charge in [0.25, 0.3) is 0 Å². The van der Waals surface area contributed by atoms with Crippen molar-refractivity contribution in [3.05, 3.63) is 28.3 Å². The molecule has 1 aromatic carbocycles. The van der Waals surface area contributed by atoms with Crippen molar-refractivity contribution in [3.8, 4) is 5.75 Å². The van der Waals surface area contributed by atoms with Gasteiger partial charge in [-0.1, -0.05) is 19.3 Å². The number of methoxy groups -OCH3 is 1. The van der Waals surface area contributed by atoms with Crippen LogP contribution in [0.3, 0.4) is 0 Å². The first kappa shape index (κ1) is 15.6. The molecule has 0 radical (unpaired) electrons. The molecule has 0 heterocycles. The summed E-state index contributed by atoms with van der Waals surface area (Å²) in [6.07, 6.45) is 5.47. The van der Waals surface area contributed by atoms with Crippen LogP contribution in [0.5, 0.6) is 5.75 Å². The number of nitrogens with zero attached hydrogens (tertiary/aromatic N) is 1. The molecule has 2 rings (SSSR count). The molecule has 6 nitrogen and oxygen atoms in total. The van der Waals surface area contributed by atoms with Gasteiger partial charge in [-0.2, -0.15) is 0 Å². The summed E-state index contributed by atoms with van der Waals surface area (Å²) in [6.45, 7) is 0.783. The van der Waals surface area contributed by atoms with Crippen molar-refractivity contribution in [2.24, 2.45) is 5.41 Å². The van der Waals surface area contributed by atoms with Crippen LogP contribution >= 0.6 is 0 Å². The van der Waals surface area contributed by atoms with Crippen molar-refractivity contribution in [1.29, 1.82) is 0 Å². The molecule has 0 atom stereocenters. The molecule has 1 fully saturated rings. The molecule has 0 amide bonds. The number of nitro groups is 1. The standard InChI is InChI=1S/C15H22N2O4/c1-21-14-6-5-12(9-13(14)17(19)20)16-10-15(11-18)7-3-2-4-8-15/h5-6,9,16,18H,2-4,7-8,10-11H2,1H3. The van der Waals surface area contributed by atoms with Crippen LogP contribution in [0, 0.1) is 15.5 Å². The van der Waals surface area contributed by atoms with E-state index in [4.69, 9.17) is 4.74 Å². The van der Waals surface area contributed by atoms with Crippen molar-refractivity contribution in [3.63, 3.8) is 0 Å². The van der Waals surface area contributed by atoms with Crippen molar-refractivity contribution in [1.82, 2.24) is 0 Å². The first-order chi connectivity index (χ1) is 10.1. The maximum Gasteiger partial charge on any atom is 0.312 e. The van der Waals surface area contributed by atoms with Crippen LogP contribution in [0.25, 0.3) is 0 Å². The van der Waals surface area contributed by atoms with Gasteiger partial charge in [-0.25, -0.2) is 0 Å². The zero-order chi connectivity index (χ0) is 15.3. The van der Waals surface area contributed by atoms with Gasteiger partial charge in [0.2, 0.25) is 0 Å². The fourth-order valence-electron chi connectivity index (χ4n) is 2.92. The lowest BCUT2D eigenvalue weighted by molar-refractivity contribution is -0.385. The second-order valence-corrected chi connectivity index (χ2v) is 5.72. The number of aliphatic hydroxyl groups is 1. The molecule has 0 unspecified atom stereocenters.